The highest BCUT2D eigenvalue weighted by atomic mass is 127. The van der Waals surface area contributed by atoms with Crippen molar-refractivity contribution in [2.24, 2.45) is 4.99 Å². The quantitative estimate of drug-likeness (QED) is 0.259. The van der Waals surface area contributed by atoms with Gasteiger partial charge in [0, 0.05) is 25.7 Å². The molecular formula is C24H35IN4O2. The molecule has 2 aromatic carbocycles. The smallest absolute Gasteiger partial charge is 0.191 e. The Kier molecular flexibility index (Phi) is 11.1. The van der Waals surface area contributed by atoms with E-state index >= 15 is 0 Å². The van der Waals surface area contributed by atoms with Crippen LogP contribution < -0.4 is 15.4 Å². The van der Waals surface area contributed by atoms with Crippen LogP contribution in [0, 0.1) is 0 Å². The Morgan fingerprint density at radius 3 is 2.58 bits per heavy atom. The van der Waals surface area contributed by atoms with Crippen molar-refractivity contribution >= 4 is 29.9 Å². The summed E-state index contributed by atoms with van der Waals surface area (Å²) in [4.78, 5) is 7.14. The number of halogens is 1. The van der Waals surface area contributed by atoms with Crippen LogP contribution >= 0.6 is 24.0 Å². The second kappa shape index (κ2) is 13.5. The number of aliphatic imine (C=N–C) groups is 1. The van der Waals surface area contributed by atoms with E-state index in [1.165, 1.54) is 18.4 Å². The Hall–Kier alpha value is -1.84. The first-order chi connectivity index (χ1) is 14.7. The zero-order valence-corrected chi connectivity index (χ0v) is 20.8. The third-order valence-corrected chi connectivity index (χ3v) is 5.50. The Morgan fingerprint density at radius 1 is 1.16 bits per heavy atom. The van der Waals surface area contributed by atoms with Gasteiger partial charge in [-0.2, -0.15) is 0 Å². The molecule has 0 saturated carbocycles. The van der Waals surface area contributed by atoms with E-state index in [0.717, 1.165) is 43.5 Å². The van der Waals surface area contributed by atoms with Crippen molar-refractivity contribution in [1.29, 1.82) is 0 Å². The van der Waals surface area contributed by atoms with Crippen LogP contribution in [-0.4, -0.2) is 55.3 Å². The molecule has 31 heavy (non-hydrogen) atoms. The van der Waals surface area contributed by atoms with E-state index in [4.69, 9.17) is 4.74 Å². The molecule has 2 atom stereocenters. The molecule has 1 fully saturated rings. The van der Waals surface area contributed by atoms with Crippen molar-refractivity contribution in [3.63, 3.8) is 0 Å². The molecule has 6 nitrogen and oxygen atoms in total. The lowest BCUT2D eigenvalue weighted by molar-refractivity contribution is 0.187. The molecule has 2 unspecified atom stereocenters. The van der Waals surface area contributed by atoms with Gasteiger partial charge in [0.15, 0.2) is 5.96 Å². The van der Waals surface area contributed by atoms with Crippen molar-refractivity contribution < 1.29 is 9.84 Å². The van der Waals surface area contributed by atoms with Gasteiger partial charge in [0.2, 0.25) is 0 Å². The predicted octanol–water partition coefficient (Wildman–Crippen LogP) is 3.57. The van der Waals surface area contributed by atoms with E-state index in [0.29, 0.717) is 12.6 Å². The summed E-state index contributed by atoms with van der Waals surface area (Å²) in [6, 6.07) is 18.6. The fourth-order valence-electron chi connectivity index (χ4n) is 3.82. The molecule has 3 N–H and O–H groups in total. The molecule has 170 valence electrons. The van der Waals surface area contributed by atoms with Crippen LogP contribution in [0.4, 0.5) is 0 Å². The lowest BCUT2D eigenvalue weighted by atomic mass is 10.1. The normalized spacial score (nSPS) is 17.6. The van der Waals surface area contributed by atoms with Gasteiger partial charge in [-0.15, -0.1) is 24.0 Å². The number of ether oxygens (including phenoxy) is 1. The van der Waals surface area contributed by atoms with Gasteiger partial charge in [0.05, 0.1) is 19.8 Å². The number of nitrogens with one attached hydrogen (secondary N) is 2. The summed E-state index contributed by atoms with van der Waals surface area (Å²) in [5.41, 5.74) is 2.19. The molecule has 0 radical (unpaired) electrons. The van der Waals surface area contributed by atoms with Crippen LogP contribution in [0.3, 0.4) is 0 Å². The van der Waals surface area contributed by atoms with Gasteiger partial charge in [0.1, 0.15) is 5.75 Å². The number of hydrogen-bond donors (Lipinski definition) is 3. The molecule has 0 aromatic heterocycles. The summed E-state index contributed by atoms with van der Waals surface area (Å²) in [5, 5.41) is 17.2. The van der Waals surface area contributed by atoms with Gasteiger partial charge < -0.3 is 20.5 Å². The number of methoxy groups -OCH3 is 1. The molecule has 1 aliphatic heterocycles. The summed E-state index contributed by atoms with van der Waals surface area (Å²) >= 11 is 0. The minimum absolute atomic E-state index is 0. The minimum atomic E-state index is -0.646. The first-order valence-corrected chi connectivity index (χ1v) is 10.8. The molecule has 3 rings (SSSR count). The molecule has 1 heterocycles. The Balaban J connectivity index is 0.00000341. The summed E-state index contributed by atoms with van der Waals surface area (Å²) in [6.07, 6.45) is 1.77. The standard InChI is InChI=1S/C24H34N4O2.HI/c1-3-25-24(27-17-23(29)20-11-13-22(30-2)14-12-20)26-16-21-10-7-15-28(21)18-19-8-5-4-6-9-19;/h4-6,8-9,11-14,21,23,29H,3,7,10,15-18H2,1-2H3,(H2,25,26,27);1H. The summed E-state index contributed by atoms with van der Waals surface area (Å²) in [5.74, 6) is 1.53. The number of guanidine groups is 1. The number of rotatable bonds is 9. The Bertz CT molecular complexity index is 786. The van der Waals surface area contributed by atoms with Crippen molar-refractivity contribution in [3.05, 3.63) is 65.7 Å². The molecule has 1 saturated heterocycles. The highest BCUT2D eigenvalue weighted by molar-refractivity contribution is 14.0. The molecule has 0 aliphatic carbocycles. The second-order valence-electron chi connectivity index (χ2n) is 7.64. The van der Waals surface area contributed by atoms with Crippen molar-refractivity contribution in [1.82, 2.24) is 15.5 Å². The topological polar surface area (TPSA) is 69.1 Å². The summed E-state index contributed by atoms with van der Waals surface area (Å²) < 4.78 is 5.17. The zero-order chi connectivity index (χ0) is 21.2. The largest absolute Gasteiger partial charge is 0.497 e. The maximum Gasteiger partial charge on any atom is 0.191 e. The van der Waals surface area contributed by atoms with Gasteiger partial charge in [-0.05, 0) is 49.6 Å². The monoisotopic (exact) mass is 538 g/mol. The molecule has 0 bridgehead atoms. The van der Waals surface area contributed by atoms with Crippen LogP contribution in [0.15, 0.2) is 59.6 Å². The zero-order valence-electron chi connectivity index (χ0n) is 18.5. The number of likely N-dealkylation sites (tertiary alicyclic amines) is 1. The maximum atomic E-state index is 10.5. The highest BCUT2D eigenvalue weighted by Gasteiger charge is 2.24. The molecule has 7 heteroatoms. The third-order valence-electron chi connectivity index (χ3n) is 5.50. The van der Waals surface area contributed by atoms with Crippen molar-refractivity contribution in [2.45, 2.75) is 38.5 Å². The highest BCUT2D eigenvalue weighted by Crippen LogP contribution is 2.20. The van der Waals surface area contributed by atoms with Crippen molar-refractivity contribution in [2.75, 3.05) is 33.3 Å². The Labute approximate surface area is 203 Å². The lowest BCUT2D eigenvalue weighted by Crippen LogP contribution is -2.44. The lowest BCUT2D eigenvalue weighted by Gasteiger charge is -2.25. The van der Waals surface area contributed by atoms with Gasteiger partial charge >= 0.3 is 0 Å². The van der Waals surface area contributed by atoms with E-state index in [2.05, 4.69) is 50.9 Å². The van der Waals surface area contributed by atoms with E-state index in [-0.39, 0.29) is 24.0 Å². The number of nitrogens with zero attached hydrogens (tertiary/aromatic N) is 2. The van der Waals surface area contributed by atoms with Crippen molar-refractivity contribution in [3.8, 4) is 5.75 Å². The van der Waals surface area contributed by atoms with Gasteiger partial charge in [-0.1, -0.05) is 42.5 Å². The second-order valence-corrected chi connectivity index (χ2v) is 7.64. The van der Waals surface area contributed by atoms with E-state index in [1.807, 2.05) is 31.2 Å². The number of benzene rings is 2. The predicted molar refractivity (Wildman–Crippen MR) is 137 cm³/mol. The van der Waals surface area contributed by atoms with E-state index < -0.39 is 6.10 Å². The van der Waals surface area contributed by atoms with Crippen LogP contribution in [0.5, 0.6) is 5.75 Å². The SMILES string of the molecule is CCNC(=NCC(O)c1ccc(OC)cc1)NCC1CCCN1Cc1ccccc1.I. The van der Waals surface area contributed by atoms with Crippen LogP contribution in [-0.2, 0) is 6.54 Å². The van der Waals surface area contributed by atoms with E-state index in [9.17, 15) is 5.11 Å². The summed E-state index contributed by atoms with van der Waals surface area (Å²) in [7, 11) is 1.63. The first-order valence-electron chi connectivity index (χ1n) is 10.8. The molecule has 0 amide bonds. The molecule has 0 spiro atoms. The Morgan fingerprint density at radius 2 is 1.90 bits per heavy atom. The average Bonchev–Trinajstić information content (AvgIpc) is 3.23. The van der Waals surface area contributed by atoms with Crippen LogP contribution in [0.25, 0.3) is 0 Å². The van der Waals surface area contributed by atoms with Gasteiger partial charge in [-0.3, -0.25) is 9.89 Å². The van der Waals surface area contributed by atoms with E-state index in [1.54, 1.807) is 7.11 Å². The number of aliphatic hydroxyl groups excluding tert-OH is 1. The first kappa shape index (κ1) is 25.4. The van der Waals surface area contributed by atoms with Gasteiger partial charge in [0.25, 0.3) is 0 Å². The number of hydrogen-bond acceptors (Lipinski definition) is 4. The molecule has 1 aliphatic rings. The average molecular weight is 538 g/mol. The van der Waals surface area contributed by atoms with Gasteiger partial charge in [-0.25, -0.2) is 0 Å². The maximum absolute atomic E-state index is 10.5. The fourth-order valence-corrected chi connectivity index (χ4v) is 3.82. The van der Waals surface area contributed by atoms with Crippen LogP contribution in [0.2, 0.25) is 0 Å². The van der Waals surface area contributed by atoms with Crippen LogP contribution in [0.1, 0.15) is 37.0 Å². The summed E-state index contributed by atoms with van der Waals surface area (Å²) in [6.45, 7) is 6.09. The fraction of sp³-hybridized carbons (Fsp3) is 0.458. The molecular weight excluding hydrogens is 503 g/mol. The number of aliphatic hydroxyl groups is 1. The molecule has 2 aromatic rings. The minimum Gasteiger partial charge on any atom is -0.497 e. The third kappa shape index (κ3) is 7.97.